The quantitative estimate of drug-likeness (QED) is 0.919. The van der Waals surface area contributed by atoms with Gasteiger partial charge < -0.3 is 9.84 Å². The molecule has 7 nitrogen and oxygen atoms in total. The van der Waals surface area contributed by atoms with E-state index in [-0.39, 0.29) is 11.3 Å². The highest BCUT2D eigenvalue weighted by molar-refractivity contribution is 5.76. The molecule has 1 N–H and O–H groups in total. The highest BCUT2D eigenvalue weighted by Crippen LogP contribution is 2.23. The predicted octanol–water partition coefficient (Wildman–Crippen LogP) is 1.61. The summed E-state index contributed by atoms with van der Waals surface area (Å²) in [5, 5.41) is 18.6. The van der Waals surface area contributed by atoms with Crippen LogP contribution in [-0.2, 0) is 10.3 Å². The van der Waals surface area contributed by atoms with E-state index in [1.807, 2.05) is 6.07 Å². The minimum absolute atomic E-state index is 0.202. The van der Waals surface area contributed by atoms with Gasteiger partial charge >= 0.3 is 5.97 Å². The number of ether oxygens (including phenoxy) is 1. The zero-order chi connectivity index (χ0) is 17.2. The first kappa shape index (κ1) is 16.2. The van der Waals surface area contributed by atoms with Gasteiger partial charge in [0.2, 0.25) is 0 Å². The average Bonchev–Trinajstić information content (AvgIpc) is 2.54. The molecule has 0 amide bonds. The molecule has 118 valence electrons. The van der Waals surface area contributed by atoms with E-state index in [2.05, 4.69) is 4.98 Å². The molecule has 7 heteroatoms. The van der Waals surface area contributed by atoms with Crippen molar-refractivity contribution in [1.29, 1.82) is 5.26 Å². The Morgan fingerprint density at radius 3 is 2.43 bits per heavy atom. The minimum Gasteiger partial charge on any atom is -0.497 e. The number of aliphatic carboxylic acids is 1. The summed E-state index contributed by atoms with van der Waals surface area (Å²) in [6.45, 7) is 2.74. The first-order valence-electron chi connectivity index (χ1n) is 6.73. The fourth-order valence-corrected chi connectivity index (χ4v) is 2.02. The largest absolute Gasteiger partial charge is 0.497 e. The van der Waals surface area contributed by atoms with Gasteiger partial charge in [-0.3, -0.25) is 9.36 Å². The number of nitrogens with zero attached hydrogens (tertiary/aromatic N) is 3. The highest BCUT2D eigenvalue weighted by Gasteiger charge is 2.32. The standard InChI is InChI=1S/C16H15N3O4/c1-16(2,15(21)22)19-9-18-13(12(8-17)14(19)20)10-4-6-11(23-3)7-5-10/h4-7,9H,1-3H3,(H,21,22). The van der Waals surface area contributed by atoms with Crippen LogP contribution >= 0.6 is 0 Å². The molecule has 0 atom stereocenters. The average molecular weight is 313 g/mol. The summed E-state index contributed by atoms with van der Waals surface area (Å²) in [5.41, 5.74) is -1.63. The number of carbonyl (C=O) groups is 1. The van der Waals surface area contributed by atoms with Crippen LogP contribution in [0.5, 0.6) is 5.75 Å². The van der Waals surface area contributed by atoms with Gasteiger partial charge in [-0.15, -0.1) is 0 Å². The minimum atomic E-state index is -1.51. The molecule has 0 bridgehead atoms. The molecular weight excluding hydrogens is 298 g/mol. The maximum atomic E-state index is 12.5. The first-order valence-corrected chi connectivity index (χ1v) is 6.73. The van der Waals surface area contributed by atoms with Gasteiger partial charge in [-0.25, -0.2) is 9.78 Å². The number of carboxylic acids is 1. The Hall–Kier alpha value is -3.14. The summed E-state index contributed by atoms with van der Waals surface area (Å²) in [4.78, 5) is 27.9. The molecule has 2 rings (SSSR count). The molecule has 0 aliphatic heterocycles. The first-order chi connectivity index (χ1) is 10.8. The smallest absolute Gasteiger partial charge is 0.329 e. The van der Waals surface area contributed by atoms with Crippen LogP contribution < -0.4 is 10.3 Å². The lowest BCUT2D eigenvalue weighted by atomic mass is 10.0. The number of carboxylic acid groups (broad SMARTS) is 1. The number of hydrogen-bond donors (Lipinski definition) is 1. The van der Waals surface area contributed by atoms with Crippen LogP contribution in [0.25, 0.3) is 11.3 Å². The third kappa shape index (κ3) is 2.79. The van der Waals surface area contributed by atoms with Gasteiger partial charge in [-0.1, -0.05) is 0 Å². The summed E-state index contributed by atoms with van der Waals surface area (Å²) in [7, 11) is 1.53. The van der Waals surface area contributed by atoms with Crippen LogP contribution in [0.15, 0.2) is 35.4 Å². The van der Waals surface area contributed by atoms with E-state index in [9.17, 15) is 20.0 Å². The van der Waals surface area contributed by atoms with E-state index in [0.717, 1.165) is 10.9 Å². The maximum absolute atomic E-state index is 12.5. The van der Waals surface area contributed by atoms with Crippen LogP contribution in [-0.4, -0.2) is 27.7 Å². The Labute approximate surface area is 132 Å². The van der Waals surface area contributed by atoms with Crippen molar-refractivity contribution in [2.75, 3.05) is 7.11 Å². The third-order valence-corrected chi connectivity index (χ3v) is 3.57. The van der Waals surface area contributed by atoms with Crippen LogP contribution in [0, 0.1) is 11.3 Å². The van der Waals surface area contributed by atoms with Gasteiger partial charge in [0.25, 0.3) is 5.56 Å². The third-order valence-electron chi connectivity index (χ3n) is 3.57. The van der Waals surface area contributed by atoms with Gasteiger partial charge in [-0.05, 0) is 38.1 Å². The van der Waals surface area contributed by atoms with Gasteiger partial charge in [0.1, 0.15) is 22.9 Å². The topological polar surface area (TPSA) is 105 Å². The monoisotopic (exact) mass is 313 g/mol. The Bertz CT molecular complexity index is 845. The second-order valence-electron chi connectivity index (χ2n) is 5.35. The van der Waals surface area contributed by atoms with Crippen LogP contribution in [0.3, 0.4) is 0 Å². The van der Waals surface area contributed by atoms with Gasteiger partial charge in [0, 0.05) is 5.56 Å². The number of hydrogen-bond acceptors (Lipinski definition) is 5. The zero-order valence-corrected chi connectivity index (χ0v) is 12.9. The summed E-state index contributed by atoms with van der Waals surface area (Å²) in [6.07, 6.45) is 1.15. The van der Waals surface area contributed by atoms with Crippen molar-refractivity contribution in [2.45, 2.75) is 19.4 Å². The molecule has 0 fully saturated rings. The summed E-state index contributed by atoms with van der Waals surface area (Å²) >= 11 is 0. The molecule has 0 radical (unpaired) electrons. The number of methoxy groups -OCH3 is 1. The SMILES string of the molecule is COc1ccc(-c2ncn(C(C)(C)C(=O)O)c(=O)c2C#N)cc1. The summed E-state index contributed by atoms with van der Waals surface area (Å²) in [6, 6.07) is 8.54. The maximum Gasteiger partial charge on any atom is 0.329 e. The van der Waals surface area contributed by atoms with Crippen molar-refractivity contribution in [3.05, 3.63) is 46.5 Å². The molecule has 1 heterocycles. The van der Waals surface area contributed by atoms with Crippen LogP contribution in [0.1, 0.15) is 19.4 Å². The molecule has 1 aromatic heterocycles. The molecule has 0 unspecified atom stereocenters. The fourth-order valence-electron chi connectivity index (χ4n) is 2.02. The van der Waals surface area contributed by atoms with Crippen LogP contribution in [0.4, 0.5) is 0 Å². The number of aromatic nitrogens is 2. The predicted molar refractivity (Wildman–Crippen MR) is 82.2 cm³/mol. The molecule has 0 aliphatic rings. The summed E-state index contributed by atoms with van der Waals surface area (Å²) < 4.78 is 6.00. The van der Waals surface area contributed by atoms with Crippen molar-refractivity contribution >= 4 is 5.97 Å². The van der Waals surface area contributed by atoms with Crippen molar-refractivity contribution in [1.82, 2.24) is 9.55 Å². The van der Waals surface area contributed by atoms with E-state index in [1.54, 1.807) is 24.3 Å². The number of nitriles is 1. The van der Waals surface area contributed by atoms with Gasteiger partial charge in [0.05, 0.1) is 19.1 Å². The molecule has 0 saturated carbocycles. The van der Waals surface area contributed by atoms with E-state index in [0.29, 0.717) is 11.3 Å². The molecule has 0 saturated heterocycles. The van der Waals surface area contributed by atoms with Gasteiger partial charge in [-0.2, -0.15) is 5.26 Å². The van der Waals surface area contributed by atoms with E-state index < -0.39 is 17.1 Å². The highest BCUT2D eigenvalue weighted by atomic mass is 16.5. The molecule has 23 heavy (non-hydrogen) atoms. The molecular formula is C16H15N3O4. The van der Waals surface area contributed by atoms with E-state index in [1.165, 1.54) is 21.0 Å². The molecule has 2 aromatic rings. The molecule has 0 spiro atoms. The summed E-state index contributed by atoms with van der Waals surface area (Å²) in [5.74, 6) is -0.560. The Morgan fingerprint density at radius 1 is 1.35 bits per heavy atom. The normalized spacial score (nSPS) is 10.9. The van der Waals surface area contributed by atoms with Crippen molar-refractivity contribution < 1.29 is 14.6 Å². The fraction of sp³-hybridized carbons (Fsp3) is 0.250. The van der Waals surface area contributed by atoms with E-state index >= 15 is 0 Å². The van der Waals surface area contributed by atoms with Crippen molar-refractivity contribution in [3.63, 3.8) is 0 Å². The van der Waals surface area contributed by atoms with E-state index in [4.69, 9.17) is 4.74 Å². The lowest BCUT2D eigenvalue weighted by Crippen LogP contribution is -2.43. The Kier molecular flexibility index (Phi) is 4.18. The molecule has 0 aliphatic carbocycles. The van der Waals surface area contributed by atoms with Gasteiger partial charge in [0.15, 0.2) is 0 Å². The zero-order valence-electron chi connectivity index (χ0n) is 12.9. The van der Waals surface area contributed by atoms with Crippen molar-refractivity contribution in [2.24, 2.45) is 0 Å². The second-order valence-corrected chi connectivity index (χ2v) is 5.35. The lowest BCUT2D eigenvalue weighted by Gasteiger charge is -2.22. The van der Waals surface area contributed by atoms with Crippen molar-refractivity contribution in [3.8, 4) is 23.1 Å². The number of rotatable bonds is 4. The Morgan fingerprint density at radius 2 is 1.96 bits per heavy atom. The molecule has 1 aromatic carbocycles. The second kappa shape index (κ2) is 5.93. The number of benzene rings is 1. The lowest BCUT2D eigenvalue weighted by molar-refractivity contribution is -0.145. The van der Waals surface area contributed by atoms with Crippen LogP contribution in [0.2, 0.25) is 0 Å². The Balaban J connectivity index is 2.65.